The summed E-state index contributed by atoms with van der Waals surface area (Å²) >= 11 is 0. The standard InChI is InChI=1S/C17H26N2/c1-14-3-4-16(11-15(14)2)12-19-10-7-17(13-19)5-8-18-9-6-17/h3-4,11,18H,5-10,12-13H2,1-2H3. The molecule has 19 heavy (non-hydrogen) atoms. The molecule has 2 heterocycles. The molecule has 1 aromatic carbocycles. The molecule has 1 aromatic rings. The zero-order valence-electron chi connectivity index (χ0n) is 12.3. The lowest BCUT2D eigenvalue weighted by atomic mass is 9.78. The number of hydrogen-bond donors (Lipinski definition) is 1. The van der Waals surface area contributed by atoms with Gasteiger partial charge < -0.3 is 5.32 Å². The number of nitrogens with one attached hydrogen (secondary N) is 1. The second-order valence-electron chi connectivity index (χ2n) is 6.63. The Balaban J connectivity index is 1.63. The van der Waals surface area contributed by atoms with Gasteiger partial charge in [0.1, 0.15) is 0 Å². The third-order valence-electron chi connectivity index (χ3n) is 5.16. The first-order chi connectivity index (χ1) is 9.17. The summed E-state index contributed by atoms with van der Waals surface area (Å²) in [5.74, 6) is 0. The Kier molecular flexibility index (Phi) is 3.64. The number of likely N-dealkylation sites (tertiary alicyclic amines) is 1. The molecule has 0 unspecified atom stereocenters. The number of nitrogens with zero attached hydrogens (tertiary/aromatic N) is 1. The highest BCUT2D eigenvalue weighted by Gasteiger charge is 2.38. The van der Waals surface area contributed by atoms with Crippen LogP contribution in [0.2, 0.25) is 0 Å². The third-order valence-corrected chi connectivity index (χ3v) is 5.16. The first kappa shape index (κ1) is 13.1. The molecular weight excluding hydrogens is 232 g/mol. The minimum atomic E-state index is 0.630. The zero-order valence-corrected chi connectivity index (χ0v) is 12.3. The van der Waals surface area contributed by atoms with Crippen LogP contribution in [-0.2, 0) is 6.54 Å². The van der Waals surface area contributed by atoms with E-state index in [2.05, 4.69) is 42.3 Å². The lowest BCUT2D eigenvalue weighted by Crippen LogP contribution is -2.38. The van der Waals surface area contributed by atoms with E-state index in [9.17, 15) is 0 Å². The van der Waals surface area contributed by atoms with Gasteiger partial charge in [-0.2, -0.15) is 0 Å². The smallest absolute Gasteiger partial charge is 0.0234 e. The highest BCUT2D eigenvalue weighted by Crippen LogP contribution is 2.39. The number of rotatable bonds is 2. The van der Waals surface area contributed by atoms with E-state index < -0.39 is 0 Å². The predicted octanol–water partition coefficient (Wildman–Crippen LogP) is 2.88. The van der Waals surface area contributed by atoms with E-state index in [0.717, 1.165) is 6.54 Å². The minimum Gasteiger partial charge on any atom is -0.317 e. The average molecular weight is 258 g/mol. The van der Waals surface area contributed by atoms with Crippen LogP contribution in [0.25, 0.3) is 0 Å². The molecule has 0 amide bonds. The predicted molar refractivity (Wildman–Crippen MR) is 80.3 cm³/mol. The largest absolute Gasteiger partial charge is 0.317 e. The SMILES string of the molecule is Cc1ccc(CN2CCC3(CCNCC3)C2)cc1C. The molecule has 2 nitrogen and oxygen atoms in total. The molecule has 2 heteroatoms. The van der Waals surface area contributed by atoms with Crippen molar-refractivity contribution >= 4 is 0 Å². The lowest BCUT2D eigenvalue weighted by molar-refractivity contribution is 0.194. The molecule has 0 radical (unpaired) electrons. The van der Waals surface area contributed by atoms with Gasteiger partial charge in [0.15, 0.2) is 0 Å². The van der Waals surface area contributed by atoms with Gasteiger partial charge in [-0.15, -0.1) is 0 Å². The van der Waals surface area contributed by atoms with Gasteiger partial charge in [0.2, 0.25) is 0 Å². The summed E-state index contributed by atoms with van der Waals surface area (Å²) in [6, 6.07) is 6.93. The summed E-state index contributed by atoms with van der Waals surface area (Å²) in [6.45, 7) is 10.6. The van der Waals surface area contributed by atoms with Gasteiger partial charge in [-0.25, -0.2) is 0 Å². The van der Waals surface area contributed by atoms with Crippen LogP contribution in [0.1, 0.15) is 36.0 Å². The number of aryl methyl sites for hydroxylation is 2. The highest BCUT2D eigenvalue weighted by atomic mass is 15.2. The van der Waals surface area contributed by atoms with Crippen molar-refractivity contribution in [2.45, 2.75) is 39.7 Å². The summed E-state index contributed by atoms with van der Waals surface area (Å²) in [7, 11) is 0. The van der Waals surface area contributed by atoms with Crippen LogP contribution in [0, 0.1) is 19.3 Å². The normalized spacial score (nSPS) is 23.1. The van der Waals surface area contributed by atoms with Crippen LogP contribution in [0.4, 0.5) is 0 Å². The van der Waals surface area contributed by atoms with Crippen molar-refractivity contribution in [3.05, 3.63) is 34.9 Å². The fourth-order valence-electron chi connectivity index (χ4n) is 3.69. The maximum Gasteiger partial charge on any atom is 0.0234 e. The molecule has 0 aliphatic carbocycles. The maximum absolute atomic E-state index is 3.50. The fourth-order valence-corrected chi connectivity index (χ4v) is 3.69. The van der Waals surface area contributed by atoms with Gasteiger partial charge in [-0.1, -0.05) is 18.2 Å². The van der Waals surface area contributed by atoms with Crippen molar-refractivity contribution in [3.63, 3.8) is 0 Å². The summed E-state index contributed by atoms with van der Waals surface area (Å²) in [5.41, 5.74) is 4.94. The quantitative estimate of drug-likeness (QED) is 0.877. The molecule has 1 N–H and O–H groups in total. The van der Waals surface area contributed by atoms with E-state index in [1.54, 1.807) is 0 Å². The third kappa shape index (κ3) is 2.85. The molecule has 1 spiro atoms. The van der Waals surface area contributed by atoms with Crippen molar-refractivity contribution in [2.75, 3.05) is 26.2 Å². The van der Waals surface area contributed by atoms with Crippen molar-refractivity contribution in [3.8, 4) is 0 Å². The molecule has 2 aliphatic rings. The van der Waals surface area contributed by atoms with E-state index in [1.807, 2.05) is 0 Å². The molecule has 0 aromatic heterocycles. The summed E-state index contributed by atoms with van der Waals surface area (Å²) in [5, 5.41) is 3.50. The van der Waals surface area contributed by atoms with Crippen LogP contribution in [-0.4, -0.2) is 31.1 Å². The van der Waals surface area contributed by atoms with Crippen molar-refractivity contribution in [1.29, 1.82) is 0 Å². The zero-order chi connectivity index (χ0) is 13.3. The van der Waals surface area contributed by atoms with Gasteiger partial charge in [-0.3, -0.25) is 4.90 Å². The second-order valence-corrected chi connectivity index (χ2v) is 6.63. The van der Waals surface area contributed by atoms with E-state index in [0.29, 0.717) is 5.41 Å². The first-order valence-corrected chi connectivity index (χ1v) is 7.66. The Morgan fingerprint density at radius 2 is 1.89 bits per heavy atom. The van der Waals surface area contributed by atoms with Crippen molar-refractivity contribution < 1.29 is 0 Å². The molecular formula is C17H26N2. The molecule has 2 aliphatic heterocycles. The van der Waals surface area contributed by atoms with E-state index >= 15 is 0 Å². The van der Waals surface area contributed by atoms with E-state index in [-0.39, 0.29) is 0 Å². The van der Waals surface area contributed by atoms with Gasteiger partial charge in [-0.05, 0) is 74.8 Å². The van der Waals surface area contributed by atoms with Crippen LogP contribution in [0.15, 0.2) is 18.2 Å². The topological polar surface area (TPSA) is 15.3 Å². The van der Waals surface area contributed by atoms with Crippen LogP contribution >= 0.6 is 0 Å². The van der Waals surface area contributed by atoms with Crippen LogP contribution < -0.4 is 5.32 Å². The van der Waals surface area contributed by atoms with E-state index in [1.165, 1.54) is 62.1 Å². The van der Waals surface area contributed by atoms with Gasteiger partial charge in [0, 0.05) is 13.1 Å². The van der Waals surface area contributed by atoms with Crippen LogP contribution in [0.3, 0.4) is 0 Å². The monoisotopic (exact) mass is 258 g/mol. The minimum absolute atomic E-state index is 0.630. The molecule has 2 fully saturated rings. The Morgan fingerprint density at radius 3 is 2.63 bits per heavy atom. The summed E-state index contributed by atoms with van der Waals surface area (Å²) in [4.78, 5) is 2.66. The molecule has 0 atom stereocenters. The van der Waals surface area contributed by atoms with E-state index in [4.69, 9.17) is 0 Å². The maximum atomic E-state index is 3.50. The lowest BCUT2D eigenvalue weighted by Gasteiger charge is -2.34. The molecule has 2 saturated heterocycles. The molecule has 0 bridgehead atoms. The van der Waals surface area contributed by atoms with Crippen molar-refractivity contribution in [2.24, 2.45) is 5.41 Å². The number of hydrogen-bond acceptors (Lipinski definition) is 2. The van der Waals surface area contributed by atoms with Gasteiger partial charge in [0.25, 0.3) is 0 Å². The number of benzene rings is 1. The molecule has 0 saturated carbocycles. The molecule has 3 rings (SSSR count). The first-order valence-electron chi connectivity index (χ1n) is 7.66. The van der Waals surface area contributed by atoms with Gasteiger partial charge >= 0.3 is 0 Å². The Bertz CT molecular complexity index is 447. The van der Waals surface area contributed by atoms with Gasteiger partial charge in [0.05, 0.1) is 0 Å². The highest BCUT2D eigenvalue weighted by molar-refractivity contribution is 5.29. The average Bonchev–Trinajstić information content (AvgIpc) is 2.78. The summed E-state index contributed by atoms with van der Waals surface area (Å²) < 4.78 is 0. The van der Waals surface area contributed by atoms with Crippen LogP contribution in [0.5, 0.6) is 0 Å². The Hall–Kier alpha value is -0.860. The molecule has 104 valence electrons. The number of piperidine rings is 1. The second kappa shape index (κ2) is 5.26. The Morgan fingerprint density at radius 1 is 1.11 bits per heavy atom. The summed E-state index contributed by atoms with van der Waals surface area (Å²) in [6.07, 6.45) is 4.15. The van der Waals surface area contributed by atoms with Crippen molar-refractivity contribution in [1.82, 2.24) is 10.2 Å². The fraction of sp³-hybridized carbons (Fsp3) is 0.647. The Labute approximate surface area is 117 Å².